The molecule has 0 bridgehead atoms. The minimum absolute atomic E-state index is 0.494. The topological polar surface area (TPSA) is 35.2 Å². The second-order valence-corrected chi connectivity index (χ2v) is 6.18. The zero-order chi connectivity index (χ0) is 14.0. The van der Waals surface area contributed by atoms with Gasteiger partial charge in [0.25, 0.3) is 0 Å². The van der Waals surface area contributed by atoms with E-state index in [1.54, 1.807) is 0 Å². The minimum Gasteiger partial charge on any atom is -0.457 e. The standard InChI is InChI=1S/C15H15Br2NO/c1-9-3-13(4-10(2)15(9)17)19-14-6-11(8-18)5-12(16)7-14/h3-7H,8,18H2,1-2H3. The second kappa shape index (κ2) is 6.07. The van der Waals surface area contributed by atoms with Crippen LogP contribution in [0.1, 0.15) is 16.7 Å². The molecule has 0 spiro atoms. The second-order valence-electron chi connectivity index (χ2n) is 4.47. The van der Waals surface area contributed by atoms with E-state index in [-0.39, 0.29) is 0 Å². The number of benzene rings is 2. The van der Waals surface area contributed by atoms with Crippen LogP contribution in [0.25, 0.3) is 0 Å². The number of ether oxygens (including phenoxy) is 1. The van der Waals surface area contributed by atoms with Crippen LogP contribution in [0.15, 0.2) is 39.3 Å². The summed E-state index contributed by atoms with van der Waals surface area (Å²) in [6.07, 6.45) is 0. The van der Waals surface area contributed by atoms with E-state index in [0.29, 0.717) is 6.54 Å². The summed E-state index contributed by atoms with van der Waals surface area (Å²) in [6.45, 7) is 4.60. The van der Waals surface area contributed by atoms with Gasteiger partial charge in [0.05, 0.1) is 0 Å². The molecule has 2 aromatic rings. The van der Waals surface area contributed by atoms with Gasteiger partial charge in [-0.3, -0.25) is 0 Å². The maximum absolute atomic E-state index is 5.91. The third-order valence-electron chi connectivity index (χ3n) is 2.81. The molecule has 0 aromatic heterocycles. The van der Waals surface area contributed by atoms with Crippen LogP contribution in [0.5, 0.6) is 11.5 Å². The summed E-state index contributed by atoms with van der Waals surface area (Å²) in [7, 11) is 0. The van der Waals surface area contributed by atoms with Crippen LogP contribution in [0.4, 0.5) is 0 Å². The molecule has 2 aromatic carbocycles. The first-order chi connectivity index (χ1) is 8.99. The Morgan fingerprint density at radius 1 is 0.947 bits per heavy atom. The number of aryl methyl sites for hydroxylation is 2. The van der Waals surface area contributed by atoms with Gasteiger partial charge in [-0.15, -0.1) is 0 Å². The molecule has 0 radical (unpaired) electrons. The van der Waals surface area contributed by atoms with Crippen molar-refractivity contribution in [3.63, 3.8) is 0 Å². The van der Waals surface area contributed by atoms with Crippen molar-refractivity contribution in [2.75, 3.05) is 0 Å². The Bertz CT molecular complexity index is 588. The Hall–Kier alpha value is -0.840. The summed E-state index contributed by atoms with van der Waals surface area (Å²) >= 11 is 7.02. The van der Waals surface area contributed by atoms with E-state index in [0.717, 1.165) is 37.1 Å². The van der Waals surface area contributed by atoms with Gasteiger partial charge >= 0.3 is 0 Å². The van der Waals surface area contributed by atoms with E-state index >= 15 is 0 Å². The van der Waals surface area contributed by atoms with Crippen molar-refractivity contribution < 1.29 is 4.74 Å². The Kier molecular flexibility index (Phi) is 4.66. The van der Waals surface area contributed by atoms with Gasteiger partial charge in [-0.25, -0.2) is 0 Å². The van der Waals surface area contributed by atoms with Crippen molar-refractivity contribution in [1.29, 1.82) is 0 Å². The lowest BCUT2D eigenvalue weighted by Gasteiger charge is -2.11. The molecule has 0 aliphatic heterocycles. The summed E-state index contributed by atoms with van der Waals surface area (Å²) in [4.78, 5) is 0. The molecular weight excluding hydrogens is 370 g/mol. The fourth-order valence-corrected chi connectivity index (χ4v) is 2.65. The highest BCUT2D eigenvalue weighted by atomic mass is 79.9. The highest BCUT2D eigenvalue weighted by molar-refractivity contribution is 9.10. The molecular formula is C15H15Br2NO. The van der Waals surface area contributed by atoms with Crippen molar-refractivity contribution in [1.82, 2.24) is 0 Å². The molecule has 0 aliphatic carbocycles. The Balaban J connectivity index is 2.33. The zero-order valence-electron chi connectivity index (χ0n) is 10.8. The highest BCUT2D eigenvalue weighted by Gasteiger charge is 2.05. The van der Waals surface area contributed by atoms with Crippen LogP contribution in [0.2, 0.25) is 0 Å². The number of hydrogen-bond acceptors (Lipinski definition) is 2. The molecule has 0 saturated heterocycles. The molecule has 4 heteroatoms. The average molecular weight is 385 g/mol. The van der Waals surface area contributed by atoms with E-state index in [9.17, 15) is 0 Å². The first-order valence-electron chi connectivity index (χ1n) is 5.93. The van der Waals surface area contributed by atoms with Crippen LogP contribution in [-0.4, -0.2) is 0 Å². The molecule has 0 heterocycles. The molecule has 0 fully saturated rings. The van der Waals surface area contributed by atoms with Crippen LogP contribution >= 0.6 is 31.9 Å². The van der Waals surface area contributed by atoms with Crippen LogP contribution in [0.3, 0.4) is 0 Å². The minimum atomic E-state index is 0.494. The summed E-state index contributed by atoms with van der Waals surface area (Å²) in [6, 6.07) is 9.91. The largest absolute Gasteiger partial charge is 0.457 e. The number of halogens is 2. The highest BCUT2D eigenvalue weighted by Crippen LogP contribution is 2.31. The quantitative estimate of drug-likeness (QED) is 0.800. The molecule has 2 nitrogen and oxygen atoms in total. The molecule has 0 saturated carbocycles. The van der Waals surface area contributed by atoms with Gasteiger partial charge in [0.1, 0.15) is 11.5 Å². The van der Waals surface area contributed by atoms with E-state index in [2.05, 4.69) is 45.7 Å². The van der Waals surface area contributed by atoms with Crippen molar-refractivity contribution in [2.24, 2.45) is 5.73 Å². The molecule has 0 aliphatic rings. The fourth-order valence-electron chi connectivity index (χ4n) is 1.90. The molecule has 2 rings (SSSR count). The van der Waals surface area contributed by atoms with Gasteiger partial charge in [0, 0.05) is 15.5 Å². The maximum Gasteiger partial charge on any atom is 0.128 e. The van der Waals surface area contributed by atoms with Gasteiger partial charge < -0.3 is 10.5 Å². The number of rotatable bonds is 3. The fraction of sp³-hybridized carbons (Fsp3) is 0.200. The normalized spacial score (nSPS) is 10.6. The first kappa shape index (κ1) is 14.6. The Labute approximate surface area is 130 Å². The van der Waals surface area contributed by atoms with Crippen molar-refractivity contribution in [3.05, 3.63) is 56.0 Å². The lowest BCUT2D eigenvalue weighted by atomic mass is 10.1. The Morgan fingerprint density at radius 2 is 1.53 bits per heavy atom. The summed E-state index contributed by atoms with van der Waals surface area (Å²) < 4.78 is 8.00. The molecule has 100 valence electrons. The zero-order valence-corrected chi connectivity index (χ0v) is 14.0. The van der Waals surface area contributed by atoms with Gasteiger partial charge in [-0.1, -0.05) is 31.9 Å². The molecule has 0 unspecified atom stereocenters. The SMILES string of the molecule is Cc1cc(Oc2cc(Br)cc(CN)c2)cc(C)c1Br. The van der Waals surface area contributed by atoms with Crippen LogP contribution in [-0.2, 0) is 6.54 Å². The van der Waals surface area contributed by atoms with E-state index in [1.165, 1.54) is 0 Å². The van der Waals surface area contributed by atoms with Gasteiger partial charge in [0.2, 0.25) is 0 Å². The van der Waals surface area contributed by atoms with E-state index in [1.807, 2.05) is 30.3 Å². The lowest BCUT2D eigenvalue weighted by molar-refractivity contribution is 0.480. The third-order valence-corrected chi connectivity index (χ3v) is 4.52. The predicted octanol–water partition coefficient (Wildman–Crippen LogP) is 5.08. The average Bonchev–Trinajstić information content (AvgIpc) is 2.35. The third kappa shape index (κ3) is 3.59. The smallest absolute Gasteiger partial charge is 0.128 e. The Morgan fingerprint density at radius 3 is 2.11 bits per heavy atom. The van der Waals surface area contributed by atoms with Crippen LogP contribution in [0, 0.1) is 13.8 Å². The monoisotopic (exact) mass is 383 g/mol. The predicted molar refractivity (Wildman–Crippen MR) is 85.7 cm³/mol. The van der Waals surface area contributed by atoms with Crippen molar-refractivity contribution in [3.8, 4) is 11.5 Å². The molecule has 2 N–H and O–H groups in total. The lowest BCUT2D eigenvalue weighted by Crippen LogP contribution is -1.97. The van der Waals surface area contributed by atoms with Crippen molar-refractivity contribution in [2.45, 2.75) is 20.4 Å². The summed E-state index contributed by atoms with van der Waals surface area (Å²) in [5, 5.41) is 0. The van der Waals surface area contributed by atoms with Gasteiger partial charge in [-0.2, -0.15) is 0 Å². The summed E-state index contributed by atoms with van der Waals surface area (Å²) in [5.74, 6) is 1.62. The number of hydrogen-bond donors (Lipinski definition) is 1. The van der Waals surface area contributed by atoms with Crippen molar-refractivity contribution >= 4 is 31.9 Å². The summed E-state index contributed by atoms with van der Waals surface area (Å²) in [5.41, 5.74) is 9.02. The number of nitrogens with two attached hydrogens (primary N) is 1. The van der Waals surface area contributed by atoms with Crippen LogP contribution < -0.4 is 10.5 Å². The van der Waals surface area contributed by atoms with E-state index in [4.69, 9.17) is 10.5 Å². The molecule has 0 atom stereocenters. The van der Waals surface area contributed by atoms with Gasteiger partial charge in [0.15, 0.2) is 0 Å². The van der Waals surface area contributed by atoms with Gasteiger partial charge in [-0.05, 0) is 60.9 Å². The first-order valence-corrected chi connectivity index (χ1v) is 7.52. The van der Waals surface area contributed by atoms with E-state index < -0.39 is 0 Å². The molecule has 19 heavy (non-hydrogen) atoms. The maximum atomic E-state index is 5.91. The molecule has 0 amide bonds.